The van der Waals surface area contributed by atoms with Gasteiger partial charge in [0.15, 0.2) is 0 Å². The second-order valence-electron chi connectivity index (χ2n) is 8.94. The number of nitriles is 2. The van der Waals surface area contributed by atoms with Crippen molar-refractivity contribution in [1.82, 2.24) is 4.90 Å². The molecule has 0 radical (unpaired) electrons. The van der Waals surface area contributed by atoms with E-state index < -0.39 is 5.60 Å². The molecule has 0 spiro atoms. The second kappa shape index (κ2) is 8.20. The topological polar surface area (TPSA) is 77.1 Å². The van der Waals surface area contributed by atoms with E-state index in [1.54, 1.807) is 4.90 Å². The predicted octanol–water partition coefficient (Wildman–Crippen LogP) is 5.14. The Kier molecular flexibility index (Phi) is 5.85. The van der Waals surface area contributed by atoms with Gasteiger partial charge in [0.2, 0.25) is 0 Å². The zero-order valence-electron chi connectivity index (χ0n) is 18.0. The maximum Gasteiger partial charge on any atom is 0.410 e. The maximum absolute atomic E-state index is 12.7. The number of likely N-dealkylation sites (tertiary alicyclic amines) is 1. The van der Waals surface area contributed by atoms with Crippen molar-refractivity contribution in [2.45, 2.75) is 57.6 Å². The highest BCUT2D eigenvalue weighted by molar-refractivity contribution is 5.69. The molecular weight excluding hydrogens is 374 g/mol. The normalized spacial score (nSPS) is 18.2. The number of rotatable bonds is 2. The number of ether oxygens (including phenoxy) is 1. The van der Waals surface area contributed by atoms with Crippen LogP contribution in [0.5, 0.6) is 0 Å². The smallest absolute Gasteiger partial charge is 0.410 e. The Hall–Kier alpha value is -3.31. The van der Waals surface area contributed by atoms with E-state index in [9.17, 15) is 4.79 Å². The molecular formula is C25H27N3O2. The highest BCUT2D eigenvalue weighted by atomic mass is 16.6. The lowest BCUT2D eigenvalue weighted by atomic mass is 9.66. The molecule has 30 heavy (non-hydrogen) atoms. The molecule has 1 aliphatic heterocycles. The Bertz CT molecular complexity index is 932. The molecule has 0 saturated carbocycles. The predicted molar refractivity (Wildman–Crippen MR) is 115 cm³/mol. The van der Waals surface area contributed by atoms with Crippen LogP contribution in [0.3, 0.4) is 0 Å². The van der Waals surface area contributed by atoms with Gasteiger partial charge in [0.25, 0.3) is 0 Å². The molecule has 2 aromatic carbocycles. The summed E-state index contributed by atoms with van der Waals surface area (Å²) in [6, 6.07) is 19.7. The van der Waals surface area contributed by atoms with Gasteiger partial charge >= 0.3 is 6.09 Å². The average Bonchev–Trinajstić information content (AvgIpc) is 2.72. The Morgan fingerprint density at radius 2 is 1.47 bits per heavy atom. The van der Waals surface area contributed by atoms with Crippen LogP contribution < -0.4 is 0 Å². The number of carbonyl (C=O) groups excluding carboxylic acids is 1. The monoisotopic (exact) mass is 401 g/mol. The van der Waals surface area contributed by atoms with Crippen LogP contribution >= 0.6 is 0 Å². The summed E-state index contributed by atoms with van der Waals surface area (Å²) in [5.41, 5.74) is 2.62. The van der Waals surface area contributed by atoms with E-state index in [1.165, 1.54) is 0 Å². The van der Waals surface area contributed by atoms with Crippen LogP contribution in [0.1, 0.15) is 62.8 Å². The minimum Gasteiger partial charge on any atom is -0.444 e. The van der Waals surface area contributed by atoms with Gasteiger partial charge in [-0.05, 0) is 75.9 Å². The van der Waals surface area contributed by atoms with Crippen LogP contribution in [0.25, 0.3) is 0 Å². The Labute approximate surface area is 178 Å². The lowest BCUT2D eigenvalue weighted by molar-refractivity contribution is 0.00653. The van der Waals surface area contributed by atoms with Crippen molar-refractivity contribution in [3.63, 3.8) is 0 Å². The van der Waals surface area contributed by atoms with E-state index in [4.69, 9.17) is 15.3 Å². The van der Waals surface area contributed by atoms with Gasteiger partial charge in [0, 0.05) is 18.0 Å². The van der Waals surface area contributed by atoms with E-state index in [0.29, 0.717) is 17.7 Å². The zero-order valence-corrected chi connectivity index (χ0v) is 18.0. The molecule has 1 heterocycles. The number of benzene rings is 2. The largest absolute Gasteiger partial charge is 0.444 e. The molecule has 2 aromatic rings. The van der Waals surface area contributed by atoms with E-state index in [1.807, 2.05) is 76.2 Å². The average molecular weight is 402 g/mol. The second-order valence-corrected chi connectivity index (χ2v) is 8.94. The summed E-state index contributed by atoms with van der Waals surface area (Å²) in [7, 11) is 0. The first-order chi connectivity index (χ1) is 14.2. The molecule has 0 aromatic heterocycles. The summed E-state index contributed by atoms with van der Waals surface area (Å²) in [6.45, 7) is 8.23. The minimum atomic E-state index is -0.536. The van der Waals surface area contributed by atoms with E-state index >= 15 is 0 Å². The van der Waals surface area contributed by atoms with Gasteiger partial charge in [-0.15, -0.1) is 0 Å². The molecule has 0 N–H and O–H groups in total. The van der Waals surface area contributed by atoms with Crippen molar-refractivity contribution in [2.75, 3.05) is 6.54 Å². The Morgan fingerprint density at radius 1 is 1.00 bits per heavy atom. The first-order valence-corrected chi connectivity index (χ1v) is 10.2. The van der Waals surface area contributed by atoms with Crippen LogP contribution in [0, 0.1) is 22.7 Å². The number of hydrogen-bond acceptors (Lipinski definition) is 4. The maximum atomic E-state index is 12.7. The van der Waals surface area contributed by atoms with Crippen LogP contribution in [-0.2, 0) is 10.2 Å². The summed E-state index contributed by atoms with van der Waals surface area (Å²) < 4.78 is 5.60. The molecule has 5 heteroatoms. The SMILES string of the molecule is CC1CC(c2ccc(C#N)cc2)(c2ccc(C#N)cc2)CCN1C(=O)OC(C)(C)C. The Morgan fingerprint density at radius 3 is 1.83 bits per heavy atom. The number of nitrogens with zero attached hydrogens (tertiary/aromatic N) is 3. The third-order valence-electron chi connectivity index (χ3n) is 5.72. The molecule has 1 atom stereocenters. The summed E-state index contributed by atoms with van der Waals surface area (Å²) >= 11 is 0. The first kappa shape index (κ1) is 21.4. The fourth-order valence-corrected chi connectivity index (χ4v) is 4.26. The molecule has 5 nitrogen and oxygen atoms in total. The van der Waals surface area contributed by atoms with Gasteiger partial charge < -0.3 is 9.64 Å². The fourth-order valence-electron chi connectivity index (χ4n) is 4.26. The van der Waals surface area contributed by atoms with Crippen LogP contribution in [0.4, 0.5) is 4.79 Å². The molecule has 0 bridgehead atoms. The van der Waals surface area contributed by atoms with Crippen molar-refractivity contribution in [2.24, 2.45) is 0 Å². The van der Waals surface area contributed by atoms with Gasteiger partial charge in [-0.3, -0.25) is 0 Å². The quantitative estimate of drug-likeness (QED) is 0.698. The van der Waals surface area contributed by atoms with Gasteiger partial charge in [-0.25, -0.2) is 4.79 Å². The zero-order chi connectivity index (χ0) is 21.9. The van der Waals surface area contributed by atoms with Crippen LogP contribution in [0.2, 0.25) is 0 Å². The molecule has 154 valence electrons. The minimum absolute atomic E-state index is 0.0279. The number of hydrogen-bond donors (Lipinski definition) is 0. The lowest BCUT2D eigenvalue weighted by Gasteiger charge is -2.46. The lowest BCUT2D eigenvalue weighted by Crippen LogP contribution is -2.51. The Balaban J connectivity index is 1.98. The van der Waals surface area contributed by atoms with Gasteiger partial charge in [-0.2, -0.15) is 10.5 Å². The van der Waals surface area contributed by atoms with Gasteiger partial charge in [-0.1, -0.05) is 24.3 Å². The molecule has 1 fully saturated rings. The van der Waals surface area contributed by atoms with Crippen molar-refractivity contribution in [3.8, 4) is 12.1 Å². The molecule has 1 unspecified atom stereocenters. The van der Waals surface area contributed by atoms with E-state index in [0.717, 1.165) is 24.0 Å². The van der Waals surface area contributed by atoms with Gasteiger partial charge in [0.05, 0.1) is 23.3 Å². The summed E-state index contributed by atoms with van der Waals surface area (Å²) in [5.74, 6) is 0. The van der Waals surface area contributed by atoms with Crippen molar-refractivity contribution in [1.29, 1.82) is 10.5 Å². The van der Waals surface area contributed by atoms with Crippen molar-refractivity contribution in [3.05, 3.63) is 70.8 Å². The van der Waals surface area contributed by atoms with Crippen LogP contribution in [-0.4, -0.2) is 29.2 Å². The van der Waals surface area contributed by atoms with E-state index in [-0.39, 0.29) is 17.6 Å². The molecule has 3 rings (SSSR count). The highest BCUT2D eigenvalue weighted by Gasteiger charge is 2.43. The summed E-state index contributed by atoms with van der Waals surface area (Å²) in [4.78, 5) is 14.5. The molecule has 0 aliphatic carbocycles. The standard InChI is InChI=1S/C25H27N3O2/c1-18-15-25(21-9-5-19(16-26)6-10-21,22-11-7-20(17-27)8-12-22)13-14-28(18)23(29)30-24(2,3)4/h5-12,18H,13-15H2,1-4H3. The van der Waals surface area contributed by atoms with E-state index in [2.05, 4.69) is 12.1 Å². The van der Waals surface area contributed by atoms with Crippen molar-refractivity contribution >= 4 is 6.09 Å². The number of amides is 1. The first-order valence-electron chi connectivity index (χ1n) is 10.2. The summed E-state index contributed by atoms with van der Waals surface area (Å²) in [5, 5.41) is 18.3. The third-order valence-corrected chi connectivity index (χ3v) is 5.72. The number of carbonyl (C=O) groups is 1. The molecule has 1 aliphatic rings. The van der Waals surface area contributed by atoms with Gasteiger partial charge in [0.1, 0.15) is 5.60 Å². The molecule has 1 saturated heterocycles. The third kappa shape index (κ3) is 4.31. The summed E-state index contributed by atoms with van der Waals surface area (Å²) in [6.07, 6.45) is 1.17. The van der Waals surface area contributed by atoms with Crippen LogP contribution in [0.15, 0.2) is 48.5 Å². The van der Waals surface area contributed by atoms with Crippen molar-refractivity contribution < 1.29 is 9.53 Å². The fraction of sp³-hybridized carbons (Fsp3) is 0.400. The highest BCUT2D eigenvalue weighted by Crippen LogP contribution is 2.44. The molecule has 1 amide bonds. The number of piperidine rings is 1.